The summed E-state index contributed by atoms with van der Waals surface area (Å²) in [6.07, 6.45) is 3.06. The van der Waals surface area contributed by atoms with Crippen molar-refractivity contribution in [3.05, 3.63) is 53.3 Å². The van der Waals surface area contributed by atoms with Gasteiger partial charge in [-0.05, 0) is 26.3 Å². The highest BCUT2D eigenvalue weighted by Gasteiger charge is 2.07. The summed E-state index contributed by atoms with van der Waals surface area (Å²) >= 11 is 0. The monoisotopic (exact) mass is 284 g/mol. The minimum atomic E-state index is -0.174. The Morgan fingerprint density at radius 1 is 1.24 bits per heavy atom. The van der Waals surface area contributed by atoms with Crippen LogP contribution in [0.25, 0.3) is 0 Å². The maximum Gasteiger partial charge on any atom is 0.254 e. The van der Waals surface area contributed by atoms with Crippen LogP contribution < -0.4 is 10.6 Å². The molecule has 0 aliphatic carbocycles. The van der Waals surface area contributed by atoms with E-state index >= 15 is 0 Å². The molecule has 0 radical (unpaired) electrons. The number of rotatable bonds is 5. The molecule has 5 heteroatoms. The van der Waals surface area contributed by atoms with E-state index < -0.39 is 0 Å². The van der Waals surface area contributed by atoms with Crippen molar-refractivity contribution >= 4 is 11.9 Å². The van der Waals surface area contributed by atoms with Crippen molar-refractivity contribution in [2.24, 2.45) is 0 Å². The number of anilines is 1. The van der Waals surface area contributed by atoms with E-state index in [-0.39, 0.29) is 11.9 Å². The molecule has 2 N–H and O–H groups in total. The summed E-state index contributed by atoms with van der Waals surface area (Å²) in [4.78, 5) is 20.3. The molecule has 1 aromatic heterocycles. The van der Waals surface area contributed by atoms with Gasteiger partial charge in [-0.25, -0.2) is 9.97 Å². The summed E-state index contributed by atoms with van der Waals surface area (Å²) in [5, 5.41) is 5.94. The minimum absolute atomic E-state index is 0.174. The normalized spacial score (nSPS) is 10.5. The van der Waals surface area contributed by atoms with Gasteiger partial charge >= 0.3 is 0 Å². The first-order chi connectivity index (χ1) is 10.0. The zero-order valence-corrected chi connectivity index (χ0v) is 12.6. The van der Waals surface area contributed by atoms with Crippen molar-refractivity contribution < 1.29 is 4.79 Å². The second-order valence-corrected chi connectivity index (χ2v) is 5.27. The van der Waals surface area contributed by atoms with Crippen molar-refractivity contribution in [1.82, 2.24) is 15.3 Å². The van der Waals surface area contributed by atoms with Crippen LogP contribution in [0.4, 0.5) is 5.95 Å². The lowest BCUT2D eigenvalue weighted by molar-refractivity contribution is 0.0950. The number of aryl methyl sites for hydroxylation is 1. The summed E-state index contributed by atoms with van der Waals surface area (Å²) in [6.45, 7) is 6.53. The van der Waals surface area contributed by atoms with Crippen LogP contribution in [0.5, 0.6) is 0 Å². The number of hydrogen-bond acceptors (Lipinski definition) is 4. The van der Waals surface area contributed by atoms with Crippen LogP contribution in [-0.2, 0) is 6.54 Å². The van der Waals surface area contributed by atoms with E-state index in [9.17, 15) is 4.79 Å². The van der Waals surface area contributed by atoms with Crippen molar-refractivity contribution in [3.63, 3.8) is 0 Å². The minimum Gasteiger partial charge on any atom is -0.352 e. The van der Waals surface area contributed by atoms with E-state index in [0.29, 0.717) is 18.1 Å². The predicted octanol–water partition coefficient (Wildman–Crippen LogP) is 2.54. The van der Waals surface area contributed by atoms with Crippen LogP contribution in [0.1, 0.15) is 35.3 Å². The van der Waals surface area contributed by atoms with E-state index in [1.165, 1.54) is 18.0 Å². The van der Waals surface area contributed by atoms with Crippen molar-refractivity contribution in [3.8, 4) is 0 Å². The van der Waals surface area contributed by atoms with Gasteiger partial charge in [0.15, 0.2) is 0 Å². The Morgan fingerprint density at radius 3 is 2.57 bits per heavy atom. The lowest BCUT2D eigenvalue weighted by Gasteiger charge is -2.08. The molecule has 21 heavy (non-hydrogen) atoms. The maximum atomic E-state index is 12.0. The molecule has 1 heterocycles. The number of aromatic nitrogens is 2. The van der Waals surface area contributed by atoms with Gasteiger partial charge in [0.1, 0.15) is 0 Å². The van der Waals surface area contributed by atoms with Crippen molar-refractivity contribution in [2.45, 2.75) is 33.4 Å². The fourth-order valence-electron chi connectivity index (χ4n) is 1.88. The molecule has 0 bridgehead atoms. The fourth-order valence-corrected chi connectivity index (χ4v) is 1.88. The average molecular weight is 284 g/mol. The van der Waals surface area contributed by atoms with Gasteiger partial charge in [-0.2, -0.15) is 0 Å². The molecule has 0 unspecified atom stereocenters. The molecule has 0 aliphatic rings. The van der Waals surface area contributed by atoms with E-state index in [1.54, 1.807) is 0 Å². The zero-order valence-electron chi connectivity index (χ0n) is 12.6. The largest absolute Gasteiger partial charge is 0.352 e. The van der Waals surface area contributed by atoms with Gasteiger partial charge in [0.25, 0.3) is 5.91 Å². The molecule has 1 aromatic carbocycles. The van der Waals surface area contributed by atoms with Crippen LogP contribution in [-0.4, -0.2) is 21.9 Å². The standard InChI is InChI=1S/C16H20N4O/c1-11(2)20-16-18-9-14(10-19-16)15(21)17-8-13-6-4-5-12(3)7-13/h4-7,9-11H,8H2,1-3H3,(H,17,21)(H,18,19,20). The summed E-state index contributed by atoms with van der Waals surface area (Å²) in [7, 11) is 0. The Balaban J connectivity index is 1.94. The lowest BCUT2D eigenvalue weighted by Crippen LogP contribution is -2.23. The van der Waals surface area contributed by atoms with Gasteiger partial charge in [0, 0.05) is 25.0 Å². The first-order valence-electron chi connectivity index (χ1n) is 6.97. The van der Waals surface area contributed by atoms with Gasteiger partial charge in [-0.15, -0.1) is 0 Å². The van der Waals surface area contributed by atoms with E-state index in [4.69, 9.17) is 0 Å². The molecule has 1 amide bonds. The molecule has 0 saturated carbocycles. The van der Waals surface area contributed by atoms with Crippen LogP contribution in [0, 0.1) is 6.92 Å². The molecule has 0 atom stereocenters. The molecule has 0 saturated heterocycles. The third-order valence-electron chi connectivity index (χ3n) is 2.87. The quantitative estimate of drug-likeness (QED) is 0.885. The second kappa shape index (κ2) is 6.83. The smallest absolute Gasteiger partial charge is 0.254 e. The summed E-state index contributed by atoms with van der Waals surface area (Å²) in [5.41, 5.74) is 2.70. The first-order valence-corrected chi connectivity index (χ1v) is 6.97. The SMILES string of the molecule is Cc1cccc(CNC(=O)c2cnc(NC(C)C)nc2)c1. The summed E-state index contributed by atoms with van der Waals surface area (Å²) in [6, 6.07) is 8.30. The number of hydrogen-bond donors (Lipinski definition) is 2. The van der Waals surface area contributed by atoms with Crippen molar-refractivity contribution in [1.29, 1.82) is 0 Å². The van der Waals surface area contributed by atoms with Crippen LogP contribution in [0.15, 0.2) is 36.7 Å². The molecular weight excluding hydrogens is 264 g/mol. The Kier molecular flexibility index (Phi) is 4.87. The number of nitrogens with one attached hydrogen (secondary N) is 2. The first kappa shape index (κ1) is 15.0. The number of carbonyl (C=O) groups excluding carboxylic acids is 1. The maximum absolute atomic E-state index is 12.0. The summed E-state index contributed by atoms with van der Waals surface area (Å²) < 4.78 is 0. The highest BCUT2D eigenvalue weighted by Crippen LogP contribution is 2.05. The number of carbonyl (C=O) groups is 1. The Morgan fingerprint density at radius 2 is 1.95 bits per heavy atom. The third kappa shape index (κ3) is 4.56. The molecule has 2 aromatic rings. The second-order valence-electron chi connectivity index (χ2n) is 5.27. The average Bonchev–Trinajstić information content (AvgIpc) is 2.45. The summed E-state index contributed by atoms with van der Waals surface area (Å²) in [5.74, 6) is 0.354. The van der Waals surface area contributed by atoms with Gasteiger partial charge < -0.3 is 10.6 Å². The van der Waals surface area contributed by atoms with Gasteiger partial charge in [-0.3, -0.25) is 4.79 Å². The molecular formula is C16H20N4O. The Labute approximate surface area is 124 Å². The van der Waals surface area contributed by atoms with Crippen LogP contribution >= 0.6 is 0 Å². The van der Waals surface area contributed by atoms with Crippen molar-refractivity contribution in [2.75, 3.05) is 5.32 Å². The Bertz CT molecular complexity index is 608. The number of amides is 1. The zero-order chi connectivity index (χ0) is 15.2. The highest BCUT2D eigenvalue weighted by molar-refractivity contribution is 5.93. The van der Waals surface area contributed by atoms with E-state index in [2.05, 4.69) is 20.6 Å². The molecule has 5 nitrogen and oxygen atoms in total. The van der Waals surface area contributed by atoms with Gasteiger partial charge in [0.2, 0.25) is 5.95 Å². The van der Waals surface area contributed by atoms with Crippen LogP contribution in [0.2, 0.25) is 0 Å². The fraction of sp³-hybridized carbons (Fsp3) is 0.312. The predicted molar refractivity (Wildman–Crippen MR) is 83.1 cm³/mol. The molecule has 110 valence electrons. The Hall–Kier alpha value is -2.43. The number of benzene rings is 1. The van der Waals surface area contributed by atoms with Gasteiger partial charge in [-0.1, -0.05) is 29.8 Å². The highest BCUT2D eigenvalue weighted by atomic mass is 16.1. The van der Waals surface area contributed by atoms with E-state index in [1.807, 2.05) is 45.0 Å². The van der Waals surface area contributed by atoms with Crippen LogP contribution in [0.3, 0.4) is 0 Å². The molecule has 2 rings (SSSR count). The topological polar surface area (TPSA) is 66.9 Å². The van der Waals surface area contributed by atoms with Gasteiger partial charge in [0.05, 0.1) is 5.56 Å². The van der Waals surface area contributed by atoms with E-state index in [0.717, 1.165) is 5.56 Å². The molecule has 0 spiro atoms. The third-order valence-corrected chi connectivity index (χ3v) is 2.87. The number of nitrogens with zero attached hydrogens (tertiary/aromatic N) is 2. The lowest BCUT2D eigenvalue weighted by atomic mass is 10.1. The molecule has 0 aliphatic heterocycles. The molecule has 0 fully saturated rings.